The molecule has 0 saturated carbocycles. The molecule has 5 rings (SSSR count). The van der Waals surface area contributed by atoms with Gasteiger partial charge in [0, 0.05) is 41.7 Å². The molecular formula is C27H20FNO4. The Bertz CT molecular complexity index is 1370. The Kier molecular flexibility index (Phi) is 5.05. The first-order valence-corrected chi connectivity index (χ1v) is 10.5. The smallest absolute Gasteiger partial charge is 0.349 e. The second-order valence-electron chi connectivity index (χ2n) is 8.00. The van der Waals surface area contributed by atoms with Crippen molar-refractivity contribution in [1.82, 2.24) is 4.57 Å². The van der Waals surface area contributed by atoms with Gasteiger partial charge in [-0.15, -0.1) is 0 Å². The maximum Gasteiger partial charge on any atom is 0.349 e. The van der Waals surface area contributed by atoms with Gasteiger partial charge in [-0.3, -0.25) is 0 Å². The summed E-state index contributed by atoms with van der Waals surface area (Å²) in [6, 6.07) is 22.8. The summed E-state index contributed by atoms with van der Waals surface area (Å²) in [5.41, 5.74) is 2.92. The van der Waals surface area contributed by atoms with Crippen LogP contribution >= 0.6 is 0 Å². The highest BCUT2D eigenvalue weighted by atomic mass is 19.1. The van der Waals surface area contributed by atoms with Gasteiger partial charge >= 0.3 is 11.9 Å². The first kappa shape index (κ1) is 20.7. The molecule has 33 heavy (non-hydrogen) atoms. The molecule has 164 valence electrons. The largest absolute Gasteiger partial charge is 0.414 e. The van der Waals surface area contributed by atoms with Gasteiger partial charge in [0.05, 0.1) is 0 Å². The second kappa shape index (κ2) is 8.06. The van der Waals surface area contributed by atoms with Crippen LogP contribution in [0.2, 0.25) is 0 Å². The number of rotatable bonds is 4. The third-order valence-corrected chi connectivity index (χ3v) is 5.70. The fourth-order valence-electron chi connectivity index (χ4n) is 4.01. The van der Waals surface area contributed by atoms with Gasteiger partial charge in [0.25, 0.3) is 5.79 Å². The molecule has 1 saturated heterocycles. The Hall–Kier alpha value is -4.19. The van der Waals surface area contributed by atoms with Crippen LogP contribution in [0.1, 0.15) is 23.6 Å². The highest BCUT2D eigenvalue weighted by Crippen LogP contribution is 2.34. The summed E-state index contributed by atoms with van der Waals surface area (Å²) >= 11 is 0. The van der Waals surface area contributed by atoms with E-state index in [2.05, 4.69) is 0 Å². The van der Waals surface area contributed by atoms with E-state index in [1.807, 2.05) is 41.1 Å². The number of hydrogen-bond acceptors (Lipinski definition) is 4. The summed E-state index contributed by atoms with van der Waals surface area (Å²) in [5.74, 6) is -3.26. The van der Waals surface area contributed by atoms with Crippen molar-refractivity contribution in [2.24, 2.45) is 0 Å². The number of cyclic esters (lactones) is 2. The highest BCUT2D eigenvalue weighted by molar-refractivity contribution is 6.19. The molecule has 0 amide bonds. The van der Waals surface area contributed by atoms with Gasteiger partial charge < -0.3 is 14.0 Å². The second-order valence-corrected chi connectivity index (χ2v) is 8.00. The summed E-state index contributed by atoms with van der Waals surface area (Å²) in [6.45, 7) is 2.05. The number of esters is 2. The third kappa shape index (κ3) is 3.91. The van der Waals surface area contributed by atoms with Gasteiger partial charge in [-0.1, -0.05) is 60.7 Å². The average molecular weight is 441 g/mol. The molecule has 1 aliphatic rings. The average Bonchev–Trinajstić information content (AvgIpc) is 3.16. The molecule has 0 radical (unpaired) electrons. The van der Waals surface area contributed by atoms with E-state index in [1.165, 1.54) is 18.2 Å². The molecule has 1 aromatic heterocycles. The van der Waals surface area contributed by atoms with Gasteiger partial charge in [-0.05, 0) is 29.8 Å². The molecule has 2 heterocycles. The Morgan fingerprint density at radius 3 is 2.21 bits per heavy atom. The number of hydrogen-bond donors (Lipinski definition) is 0. The Balaban J connectivity index is 1.50. The van der Waals surface area contributed by atoms with Crippen LogP contribution in [-0.2, 0) is 31.4 Å². The standard InChI is InChI=1S/C27H20FNO4/c1-27(20-7-3-2-4-8-20)32-25(30)23(26(31)33-27)15-19-17-29(24-10-6-5-9-22(19)24)16-18-11-13-21(28)14-12-18/h2-15,17H,16H2,1H3. The molecule has 0 unspecified atom stereocenters. The Morgan fingerprint density at radius 1 is 0.879 bits per heavy atom. The van der Waals surface area contributed by atoms with Crippen molar-refractivity contribution < 1.29 is 23.5 Å². The molecule has 3 aromatic carbocycles. The first-order valence-electron chi connectivity index (χ1n) is 10.5. The lowest BCUT2D eigenvalue weighted by Crippen LogP contribution is -2.42. The van der Waals surface area contributed by atoms with Crippen molar-refractivity contribution in [2.45, 2.75) is 19.3 Å². The number of ether oxygens (including phenoxy) is 2. The SMILES string of the molecule is CC1(c2ccccc2)OC(=O)C(=Cc2cn(Cc3ccc(F)cc3)c3ccccc23)C(=O)O1. The van der Waals surface area contributed by atoms with E-state index in [4.69, 9.17) is 9.47 Å². The van der Waals surface area contributed by atoms with Crippen LogP contribution in [0.5, 0.6) is 0 Å². The topological polar surface area (TPSA) is 57.5 Å². The molecule has 0 atom stereocenters. The molecule has 0 N–H and O–H groups in total. The number of aromatic nitrogens is 1. The van der Waals surface area contributed by atoms with E-state index in [-0.39, 0.29) is 11.4 Å². The minimum atomic E-state index is -1.48. The Labute approximate surface area is 189 Å². The fraction of sp³-hybridized carbons (Fsp3) is 0.111. The maximum atomic E-state index is 13.3. The van der Waals surface area contributed by atoms with Crippen molar-refractivity contribution >= 4 is 28.9 Å². The summed E-state index contributed by atoms with van der Waals surface area (Å²) in [5, 5.41) is 0.865. The van der Waals surface area contributed by atoms with Crippen molar-refractivity contribution in [3.05, 3.63) is 113 Å². The van der Waals surface area contributed by atoms with Gasteiger partial charge in [-0.25, -0.2) is 14.0 Å². The third-order valence-electron chi connectivity index (χ3n) is 5.70. The number of carbonyl (C=O) groups excluding carboxylic acids is 2. The molecular weight excluding hydrogens is 421 g/mol. The van der Waals surface area contributed by atoms with Gasteiger partial charge in [0.15, 0.2) is 0 Å². The quantitative estimate of drug-likeness (QED) is 0.249. The van der Waals surface area contributed by atoms with Crippen molar-refractivity contribution in [1.29, 1.82) is 0 Å². The van der Waals surface area contributed by atoms with Crippen LogP contribution in [0.25, 0.3) is 17.0 Å². The van der Waals surface area contributed by atoms with Crippen LogP contribution < -0.4 is 0 Å². The van der Waals surface area contributed by atoms with Gasteiger partial charge in [-0.2, -0.15) is 0 Å². The van der Waals surface area contributed by atoms with Crippen molar-refractivity contribution in [2.75, 3.05) is 0 Å². The van der Waals surface area contributed by atoms with Crippen LogP contribution in [0.3, 0.4) is 0 Å². The number of carbonyl (C=O) groups is 2. The number of para-hydroxylation sites is 1. The lowest BCUT2D eigenvalue weighted by atomic mass is 10.0. The normalized spacial score (nSPS) is 18.2. The van der Waals surface area contributed by atoms with E-state index in [0.717, 1.165) is 16.5 Å². The molecule has 0 aliphatic carbocycles. The zero-order chi connectivity index (χ0) is 23.0. The number of nitrogens with zero attached hydrogens (tertiary/aromatic N) is 1. The zero-order valence-electron chi connectivity index (χ0n) is 17.8. The molecule has 1 aliphatic heterocycles. The first-order chi connectivity index (χ1) is 15.9. The van der Waals surface area contributed by atoms with E-state index in [0.29, 0.717) is 17.7 Å². The van der Waals surface area contributed by atoms with Gasteiger partial charge in [0.2, 0.25) is 0 Å². The lowest BCUT2D eigenvalue weighted by Gasteiger charge is -2.33. The van der Waals surface area contributed by atoms with E-state index >= 15 is 0 Å². The maximum absolute atomic E-state index is 13.3. The lowest BCUT2D eigenvalue weighted by molar-refractivity contribution is -0.233. The molecule has 0 spiro atoms. The fourth-order valence-corrected chi connectivity index (χ4v) is 4.01. The predicted molar refractivity (Wildman–Crippen MR) is 121 cm³/mol. The number of fused-ring (bicyclic) bond motifs is 1. The zero-order valence-corrected chi connectivity index (χ0v) is 17.8. The molecule has 6 heteroatoms. The van der Waals surface area contributed by atoms with Crippen molar-refractivity contribution in [3.63, 3.8) is 0 Å². The van der Waals surface area contributed by atoms with Crippen LogP contribution in [0.4, 0.5) is 4.39 Å². The van der Waals surface area contributed by atoms with Crippen molar-refractivity contribution in [3.8, 4) is 0 Å². The molecule has 5 nitrogen and oxygen atoms in total. The van der Waals surface area contributed by atoms with Crippen LogP contribution in [-0.4, -0.2) is 16.5 Å². The minimum absolute atomic E-state index is 0.173. The van der Waals surface area contributed by atoms with E-state index < -0.39 is 17.7 Å². The summed E-state index contributed by atoms with van der Waals surface area (Å²) in [4.78, 5) is 25.7. The number of benzene rings is 3. The summed E-state index contributed by atoms with van der Waals surface area (Å²) in [6.07, 6.45) is 3.35. The summed E-state index contributed by atoms with van der Waals surface area (Å²) < 4.78 is 26.4. The van der Waals surface area contributed by atoms with E-state index in [9.17, 15) is 14.0 Å². The van der Waals surface area contributed by atoms with E-state index in [1.54, 1.807) is 43.3 Å². The van der Waals surface area contributed by atoms with Crippen LogP contribution in [0, 0.1) is 5.82 Å². The summed E-state index contributed by atoms with van der Waals surface area (Å²) in [7, 11) is 0. The Morgan fingerprint density at radius 2 is 1.52 bits per heavy atom. The minimum Gasteiger partial charge on any atom is -0.414 e. The molecule has 1 fully saturated rings. The monoisotopic (exact) mass is 441 g/mol. The highest BCUT2D eigenvalue weighted by Gasteiger charge is 2.43. The molecule has 4 aromatic rings. The predicted octanol–water partition coefficient (Wildman–Crippen LogP) is 5.19. The van der Waals surface area contributed by atoms with Gasteiger partial charge in [0.1, 0.15) is 11.4 Å². The molecule has 0 bridgehead atoms. The van der Waals surface area contributed by atoms with Crippen LogP contribution in [0.15, 0.2) is 90.6 Å². The number of halogens is 1.